The Bertz CT molecular complexity index is 1230. The molecule has 0 saturated carbocycles. The zero-order chi connectivity index (χ0) is 23.0. The zero-order valence-electron chi connectivity index (χ0n) is 18.1. The van der Waals surface area contributed by atoms with Gasteiger partial charge in [0.25, 0.3) is 0 Å². The van der Waals surface area contributed by atoms with Crippen molar-refractivity contribution in [3.63, 3.8) is 0 Å². The zero-order valence-corrected chi connectivity index (χ0v) is 18.9. The third-order valence-electron chi connectivity index (χ3n) is 4.92. The second kappa shape index (κ2) is 10.7. The summed E-state index contributed by atoms with van der Waals surface area (Å²) in [7, 11) is 1.59. The maximum absolute atomic E-state index is 13.4. The second-order valence-electron chi connectivity index (χ2n) is 7.37. The van der Waals surface area contributed by atoms with E-state index < -0.39 is 0 Å². The fourth-order valence-corrected chi connectivity index (χ4v) is 4.06. The molecule has 0 aliphatic rings. The lowest BCUT2D eigenvalue weighted by atomic mass is 10.2. The predicted octanol–water partition coefficient (Wildman–Crippen LogP) is 5.40. The quantitative estimate of drug-likeness (QED) is 0.362. The van der Waals surface area contributed by atoms with E-state index in [9.17, 15) is 9.18 Å². The Hall–Kier alpha value is -3.71. The minimum Gasteiger partial charge on any atom is -0.493 e. The number of thiazole rings is 1. The normalized spacial score (nSPS) is 10.6. The molecule has 1 N–H and O–H groups in total. The Labute approximate surface area is 195 Å². The van der Waals surface area contributed by atoms with Crippen LogP contribution in [0.25, 0.3) is 10.6 Å². The predicted molar refractivity (Wildman–Crippen MR) is 127 cm³/mol. The summed E-state index contributed by atoms with van der Waals surface area (Å²) in [5, 5.41) is 5.41. The summed E-state index contributed by atoms with van der Waals surface area (Å²) in [6.07, 6.45) is 0.154. The van der Waals surface area contributed by atoms with Gasteiger partial charge < -0.3 is 14.8 Å². The number of nitrogens with one attached hydrogen (secondary N) is 1. The highest BCUT2D eigenvalue weighted by molar-refractivity contribution is 7.13. The van der Waals surface area contributed by atoms with Gasteiger partial charge in [0.15, 0.2) is 11.5 Å². The maximum atomic E-state index is 13.4. The fraction of sp³-hybridized carbons (Fsp3) is 0.154. The summed E-state index contributed by atoms with van der Waals surface area (Å²) < 4.78 is 24.8. The molecule has 0 aliphatic carbocycles. The molecule has 168 valence electrons. The first-order chi connectivity index (χ1) is 16.1. The van der Waals surface area contributed by atoms with Crippen LogP contribution in [-0.4, -0.2) is 18.0 Å². The SMILES string of the molecule is COc1cc(CNC(=O)Cc2csc(-c3cccc(F)c3)n2)ccc1OCc1ccccc1. The van der Waals surface area contributed by atoms with E-state index in [0.717, 1.165) is 11.1 Å². The van der Waals surface area contributed by atoms with Gasteiger partial charge >= 0.3 is 0 Å². The van der Waals surface area contributed by atoms with Crippen LogP contribution in [0, 0.1) is 5.82 Å². The number of ether oxygens (including phenoxy) is 2. The van der Waals surface area contributed by atoms with Gasteiger partial charge in [0.2, 0.25) is 5.91 Å². The van der Waals surface area contributed by atoms with Crippen LogP contribution < -0.4 is 14.8 Å². The Kier molecular flexibility index (Phi) is 7.32. The van der Waals surface area contributed by atoms with Gasteiger partial charge in [0.1, 0.15) is 17.4 Å². The molecular weight excluding hydrogens is 439 g/mol. The number of methoxy groups -OCH3 is 1. The standard InChI is InChI=1S/C26H23FN2O3S/c1-31-24-12-19(10-11-23(24)32-16-18-6-3-2-4-7-18)15-28-25(30)14-22-17-33-26(29-22)20-8-5-9-21(27)13-20/h2-13,17H,14-16H2,1H3,(H,28,30). The second-order valence-corrected chi connectivity index (χ2v) is 8.23. The first kappa shape index (κ1) is 22.5. The number of halogens is 1. The number of hydrogen-bond donors (Lipinski definition) is 1. The minimum absolute atomic E-state index is 0.144. The highest BCUT2D eigenvalue weighted by Crippen LogP contribution is 2.29. The third-order valence-corrected chi connectivity index (χ3v) is 5.86. The molecule has 5 nitrogen and oxygen atoms in total. The summed E-state index contributed by atoms with van der Waals surface area (Å²) in [6, 6.07) is 21.8. The lowest BCUT2D eigenvalue weighted by Crippen LogP contribution is -2.24. The van der Waals surface area contributed by atoms with Gasteiger partial charge in [-0.05, 0) is 35.4 Å². The van der Waals surface area contributed by atoms with Crippen molar-refractivity contribution in [2.24, 2.45) is 0 Å². The molecule has 4 rings (SSSR count). The minimum atomic E-state index is -0.311. The number of rotatable bonds is 9. The number of aromatic nitrogens is 1. The molecule has 0 spiro atoms. The molecule has 0 unspecified atom stereocenters. The van der Waals surface area contributed by atoms with Crippen LogP contribution in [-0.2, 0) is 24.4 Å². The van der Waals surface area contributed by atoms with Crippen LogP contribution in [0.15, 0.2) is 78.2 Å². The van der Waals surface area contributed by atoms with Gasteiger partial charge in [-0.3, -0.25) is 4.79 Å². The molecule has 0 saturated heterocycles. The average molecular weight is 463 g/mol. The van der Waals surface area contributed by atoms with E-state index in [0.29, 0.717) is 40.9 Å². The molecule has 0 aliphatic heterocycles. The Balaban J connectivity index is 1.31. The summed E-state index contributed by atoms with van der Waals surface area (Å²) in [5.41, 5.74) is 3.32. The van der Waals surface area contributed by atoms with E-state index >= 15 is 0 Å². The molecule has 0 bridgehead atoms. The van der Waals surface area contributed by atoms with E-state index in [-0.39, 0.29) is 18.1 Å². The summed E-state index contributed by atoms with van der Waals surface area (Å²) in [6.45, 7) is 0.799. The van der Waals surface area contributed by atoms with E-state index in [4.69, 9.17) is 9.47 Å². The molecule has 0 radical (unpaired) electrons. The lowest BCUT2D eigenvalue weighted by molar-refractivity contribution is -0.120. The number of carbonyl (C=O) groups is 1. The van der Waals surface area contributed by atoms with Crippen molar-refractivity contribution in [2.75, 3.05) is 7.11 Å². The molecular formula is C26H23FN2O3S. The van der Waals surface area contributed by atoms with Gasteiger partial charge in [0.05, 0.1) is 19.2 Å². The topological polar surface area (TPSA) is 60.5 Å². The van der Waals surface area contributed by atoms with Crippen molar-refractivity contribution in [2.45, 2.75) is 19.6 Å². The third kappa shape index (κ3) is 6.17. The molecule has 1 amide bonds. The number of hydrogen-bond acceptors (Lipinski definition) is 5. The van der Waals surface area contributed by atoms with Gasteiger partial charge in [-0.2, -0.15) is 0 Å². The monoisotopic (exact) mass is 462 g/mol. The highest BCUT2D eigenvalue weighted by Gasteiger charge is 2.11. The first-order valence-electron chi connectivity index (χ1n) is 10.4. The Morgan fingerprint density at radius 3 is 2.64 bits per heavy atom. The van der Waals surface area contributed by atoms with Crippen LogP contribution in [0.5, 0.6) is 11.5 Å². The van der Waals surface area contributed by atoms with Gasteiger partial charge in [-0.15, -0.1) is 11.3 Å². The van der Waals surface area contributed by atoms with Gasteiger partial charge in [-0.25, -0.2) is 9.37 Å². The van der Waals surface area contributed by atoms with Crippen molar-refractivity contribution < 1.29 is 18.7 Å². The van der Waals surface area contributed by atoms with Crippen LogP contribution >= 0.6 is 11.3 Å². The summed E-state index contributed by atoms with van der Waals surface area (Å²) in [4.78, 5) is 16.9. The number of nitrogens with zero attached hydrogens (tertiary/aromatic N) is 1. The van der Waals surface area contributed by atoms with Crippen molar-refractivity contribution >= 4 is 17.2 Å². The van der Waals surface area contributed by atoms with E-state index in [1.165, 1.54) is 23.5 Å². The Morgan fingerprint density at radius 1 is 1.00 bits per heavy atom. The smallest absolute Gasteiger partial charge is 0.226 e. The van der Waals surface area contributed by atoms with Crippen molar-refractivity contribution in [3.05, 3.63) is 101 Å². The molecule has 3 aromatic carbocycles. The number of carbonyl (C=O) groups excluding carboxylic acids is 1. The lowest BCUT2D eigenvalue weighted by Gasteiger charge is -2.13. The van der Waals surface area contributed by atoms with E-state index in [2.05, 4.69) is 10.3 Å². The molecule has 1 aromatic heterocycles. The highest BCUT2D eigenvalue weighted by atomic mass is 32.1. The summed E-state index contributed by atoms with van der Waals surface area (Å²) in [5.74, 6) is 0.795. The fourth-order valence-electron chi connectivity index (χ4n) is 3.25. The molecule has 0 atom stereocenters. The van der Waals surface area contributed by atoms with E-state index in [1.54, 1.807) is 19.2 Å². The van der Waals surface area contributed by atoms with Gasteiger partial charge in [-0.1, -0.05) is 48.5 Å². The van der Waals surface area contributed by atoms with Crippen LogP contribution in [0.1, 0.15) is 16.8 Å². The van der Waals surface area contributed by atoms with Crippen LogP contribution in [0.4, 0.5) is 4.39 Å². The molecule has 33 heavy (non-hydrogen) atoms. The summed E-state index contributed by atoms with van der Waals surface area (Å²) >= 11 is 1.39. The van der Waals surface area contributed by atoms with Crippen molar-refractivity contribution in [3.8, 4) is 22.1 Å². The number of amides is 1. The van der Waals surface area contributed by atoms with Crippen LogP contribution in [0.3, 0.4) is 0 Å². The van der Waals surface area contributed by atoms with Crippen molar-refractivity contribution in [1.29, 1.82) is 0 Å². The van der Waals surface area contributed by atoms with E-state index in [1.807, 2.05) is 53.9 Å². The largest absolute Gasteiger partial charge is 0.493 e. The first-order valence-corrected chi connectivity index (χ1v) is 11.3. The van der Waals surface area contributed by atoms with Crippen LogP contribution in [0.2, 0.25) is 0 Å². The molecule has 7 heteroatoms. The van der Waals surface area contributed by atoms with Gasteiger partial charge in [0, 0.05) is 17.5 Å². The molecule has 1 heterocycles. The average Bonchev–Trinajstić information content (AvgIpc) is 3.30. The molecule has 4 aromatic rings. The van der Waals surface area contributed by atoms with Crippen molar-refractivity contribution in [1.82, 2.24) is 10.3 Å². The maximum Gasteiger partial charge on any atom is 0.226 e. The number of benzene rings is 3. The molecule has 0 fully saturated rings. The Morgan fingerprint density at radius 2 is 1.85 bits per heavy atom.